The molecule has 0 aliphatic carbocycles. The first-order valence-corrected chi connectivity index (χ1v) is 8.40. The van der Waals surface area contributed by atoms with Gasteiger partial charge < -0.3 is 15.7 Å². The van der Waals surface area contributed by atoms with Crippen LogP contribution >= 0.6 is 11.6 Å². The minimum Gasteiger partial charge on any atom is -0.387 e. The average Bonchev–Trinajstić information content (AvgIpc) is 2.60. The van der Waals surface area contributed by atoms with E-state index in [2.05, 4.69) is 10.6 Å². The van der Waals surface area contributed by atoms with Crippen LogP contribution in [0.4, 0.5) is 0 Å². The van der Waals surface area contributed by atoms with Crippen LogP contribution < -0.4 is 10.6 Å². The highest BCUT2D eigenvalue weighted by Crippen LogP contribution is 2.15. The van der Waals surface area contributed by atoms with Crippen molar-refractivity contribution in [3.05, 3.63) is 70.7 Å². The van der Waals surface area contributed by atoms with Crippen molar-refractivity contribution < 1.29 is 9.90 Å². The van der Waals surface area contributed by atoms with Gasteiger partial charge in [-0.25, -0.2) is 0 Å². The van der Waals surface area contributed by atoms with Gasteiger partial charge in [0.2, 0.25) is 5.91 Å². The largest absolute Gasteiger partial charge is 0.387 e. The number of carbonyl (C=O) groups excluding carboxylic acids is 1. The molecule has 0 aliphatic rings. The second-order valence-corrected chi connectivity index (χ2v) is 6.22. The van der Waals surface area contributed by atoms with Crippen LogP contribution in [0.25, 0.3) is 0 Å². The van der Waals surface area contributed by atoms with E-state index in [1.165, 1.54) is 0 Å². The Morgan fingerprint density at radius 1 is 1.08 bits per heavy atom. The number of rotatable bonds is 8. The number of benzene rings is 2. The number of hydrogen-bond donors (Lipinski definition) is 3. The van der Waals surface area contributed by atoms with Crippen LogP contribution in [0.5, 0.6) is 0 Å². The van der Waals surface area contributed by atoms with Gasteiger partial charge in [-0.3, -0.25) is 4.79 Å². The van der Waals surface area contributed by atoms with E-state index in [-0.39, 0.29) is 18.4 Å². The van der Waals surface area contributed by atoms with E-state index >= 15 is 0 Å². The number of amides is 1. The third kappa shape index (κ3) is 5.96. The lowest BCUT2D eigenvalue weighted by molar-refractivity contribution is -0.120. The molecule has 0 spiro atoms. The van der Waals surface area contributed by atoms with Gasteiger partial charge in [-0.2, -0.15) is 0 Å². The van der Waals surface area contributed by atoms with Crippen molar-refractivity contribution in [1.29, 1.82) is 0 Å². The topological polar surface area (TPSA) is 61.4 Å². The summed E-state index contributed by atoms with van der Waals surface area (Å²) in [6.07, 6.45) is -0.300. The summed E-state index contributed by atoms with van der Waals surface area (Å²) in [4.78, 5) is 12.0. The van der Waals surface area contributed by atoms with Crippen LogP contribution in [-0.2, 0) is 11.2 Å². The van der Waals surface area contributed by atoms with Crippen molar-refractivity contribution in [2.45, 2.75) is 25.5 Å². The summed E-state index contributed by atoms with van der Waals surface area (Å²) in [6.45, 7) is 2.89. The zero-order valence-corrected chi connectivity index (χ0v) is 14.5. The summed E-state index contributed by atoms with van der Waals surface area (Å²) >= 11 is 6.05. The lowest BCUT2D eigenvalue weighted by Crippen LogP contribution is -2.41. The van der Waals surface area contributed by atoms with Crippen LogP contribution in [0, 0.1) is 0 Å². The van der Waals surface area contributed by atoms with Crippen LogP contribution in [0.3, 0.4) is 0 Å². The van der Waals surface area contributed by atoms with E-state index in [1.54, 1.807) is 6.07 Å². The predicted octanol–water partition coefficient (Wildman–Crippen LogP) is 2.71. The van der Waals surface area contributed by atoms with Crippen LogP contribution in [0.2, 0.25) is 5.02 Å². The molecule has 2 atom stereocenters. The van der Waals surface area contributed by atoms with Gasteiger partial charge in [0.25, 0.3) is 0 Å². The van der Waals surface area contributed by atoms with Gasteiger partial charge in [0.1, 0.15) is 0 Å². The quantitative estimate of drug-likeness (QED) is 0.688. The highest BCUT2D eigenvalue weighted by atomic mass is 35.5. The fourth-order valence-electron chi connectivity index (χ4n) is 2.32. The fourth-order valence-corrected chi connectivity index (χ4v) is 2.52. The molecule has 0 saturated carbocycles. The lowest BCUT2D eigenvalue weighted by atomic mass is 10.1. The van der Waals surface area contributed by atoms with Gasteiger partial charge in [0.05, 0.1) is 12.5 Å². The SMILES string of the molecule is C[C@@H](CNC(=O)Cc1ccccc1Cl)NC[C@H](O)c1ccccc1. The molecule has 5 heteroatoms. The molecule has 0 aliphatic heterocycles. The van der Waals surface area contributed by atoms with E-state index in [0.29, 0.717) is 18.1 Å². The van der Waals surface area contributed by atoms with E-state index in [4.69, 9.17) is 11.6 Å². The smallest absolute Gasteiger partial charge is 0.224 e. The molecule has 0 saturated heterocycles. The van der Waals surface area contributed by atoms with Gasteiger partial charge in [-0.15, -0.1) is 0 Å². The van der Waals surface area contributed by atoms with Crippen LogP contribution in [0.15, 0.2) is 54.6 Å². The standard InChI is InChI=1S/C19H23ClN2O2/c1-14(21-13-18(23)15-7-3-2-4-8-15)12-22-19(24)11-16-9-5-6-10-17(16)20/h2-10,14,18,21,23H,11-13H2,1H3,(H,22,24)/t14-,18-/m0/s1. The average molecular weight is 347 g/mol. The van der Waals surface area contributed by atoms with Gasteiger partial charge in [0, 0.05) is 24.2 Å². The van der Waals surface area contributed by atoms with Crippen molar-refractivity contribution in [2.75, 3.05) is 13.1 Å². The Kier molecular flexibility index (Phi) is 7.25. The van der Waals surface area contributed by atoms with Crippen molar-refractivity contribution >= 4 is 17.5 Å². The van der Waals surface area contributed by atoms with Gasteiger partial charge >= 0.3 is 0 Å². The molecule has 3 N–H and O–H groups in total. The molecule has 0 heterocycles. The summed E-state index contributed by atoms with van der Waals surface area (Å²) in [7, 11) is 0. The molecule has 0 aromatic heterocycles. The summed E-state index contributed by atoms with van der Waals surface area (Å²) in [5.74, 6) is -0.0691. The summed E-state index contributed by atoms with van der Waals surface area (Å²) in [5, 5.41) is 16.8. The molecule has 0 unspecified atom stereocenters. The zero-order valence-electron chi connectivity index (χ0n) is 13.7. The van der Waals surface area contributed by atoms with Crippen molar-refractivity contribution in [3.63, 3.8) is 0 Å². The fraction of sp³-hybridized carbons (Fsp3) is 0.316. The van der Waals surface area contributed by atoms with Crippen molar-refractivity contribution in [1.82, 2.24) is 10.6 Å². The molecule has 128 valence electrons. The first-order chi connectivity index (χ1) is 11.6. The highest BCUT2D eigenvalue weighted by Gasteiger charge is 2.11. The van der Waals surface area contributed by atoms with E-state index in [1.807, 2.05) is 55.5 Å². The molecule has 1 amide bonds. The monoisotopic (exact) mass is 346 g/mol. The Morgan fingerprint density at radius 2 is 1.75 bits per heavy atom. The first kappa shape index (κ1) is 18.5. The number of hydrogen-bond acceptors (Lipinski definition) is 3. The third-order valence-corrected chi connectivity index (χ3v) is 4.13. The molecular weight excluding hydrogens is 324 g/mol. The Hall–Kier alpha value is -1.88. The predicted molar refractivity (Wildman–Crippen MR) is 97.0 cm³/mol. The molecule has 24 heavy (non-hydrogen) atoms. The Morgan fingerprint density at radius 3 is 2.46 bits per heavy atom. The lowest BCUT2D eigenvalue weighted by Gasteiger charge is -2.18. The van der Waals surface area contributed by atoms with E-state index in [0.717, 1.165) is 11.1 Å². The maximum Gasteiger partial charge on any atom is 0.224 e. The molecule has 0 bridgehead atoms. The summed E-state index contributed by atoms with van der Waals surface area (Å²) in [5.41, 5.74) is 1.69. The maximum absolute atomic E-state index is 12.0. The molecule has 2 rings (SSSR count). The molecule has 0 radical (unpaired) electrons. The number of nitrogens with one attached hydrogen (secondary N) is 2. The summed E-state index contributed by atoms with van der Waals surface area (Å²) < 4.78 is 0. The van der Waals surface area contributed by atoms with Gasteiger partial charge in [-0.05, 0) is 24.1 Å². The molecule has 2 aromatic carbocycles. The van der Waals surface area contributed by atoms with Crippen molar-refractivity contribution in [2.24, 2.45) is 0 Å². The second-order valence-electron chi connectivity index (χ2n) is 5.81. The summed E-state index contributed by atoms with van der Waals surface area (Å²) in [6, 6.07) is 16.9. The van der Waals surface area contributed by atoms with E-state index in [9.17, 15) is 9.90 Å². The maximum atomic E-state index is 12.0. The minimum atomic E-state index is -0.563. The number of aliphatic hydroxyl groups is 1. The highest BCUT2D eigenvalue weighted by molar-refractivity contribution is 6.31. The number of aliphatic hydroxyl groups excluding tert-OH is 1. The second kappa shape index (κ2) is 9.42. The van der Waals surface area contributed by atoms with Crippen LogP contribution in [0.1, 0.15) is 24.2 Å². The van der Waals surface area contributed by atoms with Gasteiger partial charge in [0.15, 0.2) is 0 Å². The minimum absolute atomic E-state index is 0.0542. The first-order valence-electron chi connectivity index (χ1n) is 8.02. The van der Waals surface area contributed by atoms with E-state index < -0.39 is 6.10 Å². The van der Waals surface area contributed by atoms with Crippen LogP contribution in [-0.4, -0.2) is 30.1 Å². The zero-order chi connectivity index (χ0) is 17.4. The molecule has 4 nitrogen and oxygen atoms in total. The van der Waals surface area contributed by atoms with Gasteiger partial charge in [-0.1, -0.05) is 60.1 Å². The molecule has 2 aromatic rings. The van der Waals surface area contributed by atoms with Crippen molar-refractivity contribution in [3.8, 4) is 0 Å². The Bertz CT molecular complexity index is 649. The molecule has 0 fully saturated rings. The molecular formula is C19H23ClN2O2. The number of halogens is 1. The Balaban J connectivity index is 1.70. The Labute approximate surface area is 147 Å². The number of carbonyl (C=O) groups is 1. The third-order valence-electron chi connectivity index (χ3n) is 3.76. The normalized spacial score (nSPS) is 13.3.